The molecule has 2 rings (SSSR count). The predicted molar refractivity (Wildman–Crippen MR) is 100 cm³/mol. The van der Waals surface area contributed by atoms with Gasteiger partial charge in [0.25, 0.3) is 5.91 Å². The van der Waals surface area contributed by atoms with Crippen molar-refractivity contribution in [2.45, 2.75) is 6.18 Å². The van der Waals surface area contributed by atoms with Gasteiger partial charge in [-0.25, -0.2) is 4.79 Å². The number of nitrogens with zero attached hydrogens (tertiary/aromatic N) is 1. The van der Waals surface area contributed by atoms with Gasteiger partial charge in [0.1, 0.15) is 11.6 Å². The molecule has 0 bridgehead atoms. The van der Waals surface area contributed by atoms with E-state index in [2.05, 4.69) is 15.4 Å². The normalized spacial score (nSPS) is 11.4. The van der Waals surface area contributed by atoms with Crippen LogP contribution in [-0.4, -0.2) is 19.0 Å². The fraction of sp³-hybridized carbons (Fsp3) is 0.105. The molecular weight excluding hydrogens is 411 g/mol. The summed E-state index contributed by atoms with van der Waals surface area (Å²) in [6, 6.07) is 10.6. The number of nitriles is 1. The van der Waals surface area contributed by atoms with Crippen LogP contribution in [0.25, 0.3) is 0 Å². The minimum Gasteiger partial charge on any atom is -0.465 e. The Labute approximate surface area is 168 Å². The van der Waals surface area contributed by atoms with E-state index >= 15 is 0 Å². The number of hydrogen-bond acceptors (Lipinski definition) is 5. The third kappa shape index (κ3) is 5.73. The van der Waals surface area contributed by atoms with Crippen LogP contribution >= 0.6 is 11.6 Å². The number of halogens is 4. The van der Waals surface area contributed by atoms with Crippen LogP contribution in [0.1, 0.15) is 15.9 Å². The van der Waals surface area contributed by atoms with Crippen molar-refractivity contribution in [3.63, 3.8) is 0 Å². The highest BCUT2D eigenvalue weighted by atomic mass is 35.5. The van der Waals surface area contributed by atoms with E-state index in [0.29, 0.717) is 11.8 Å². The van der Waals surface area contributed by atoms with Crippen molar-refractivity contribution >= 4 is 34.9 Å². The van der Waals surface area contributed by atoms with Crippen molar-refractivity contribution in [1.29, 1.82) is 5.26 Å². The molecule has 0 spiro atoms. The molecule has 0 heterocycles. The van der Waals surface area contributed by atoms with Crippen LogP contribution in [0.2, 0.25) is 5.02 Å². The Balaban J connectivity index is 2.17. The Morgan fingerprint density at radius 1 is 1.17 bits per heavy atom. The molecule has 0 aliphatic carbocycles. The van der Waals surface area contributed by atoms with Crippen LogP contribution in [0.4, 0.5) is 24.5 Å². The molecule has 0 radical (unpaired) electrons. The molecule has 0 aliphatic rings. The smallest absolute Gasteiger partial charge is 0.417 e. The van der Waals surface area contributed by atoms with Crippen molar-refractivity contribution in [1.82, 2.24) is 0 Å². The second kappa shape index (κ2) is 9.12. The molecule has 0 fully saturated rings. The zero-order valence-electron chi connectivity index (χ0n) is 14.8. The third-order valence-electron chi connectivity index (χ3n) is 3.56. The highest BCUT2D eigenvalue weighted by Gasteiger charge is 2.33. The second-order valence-corrected chi connectivity index (χ2v) is 5.94. The Morgan fingerprint density at radius 3 is 2.52 bits per heavy atom. The van der Waals surface area contributed by atoms with Gasteiger partial charge in [-0.1, -0.05) is 17.7 Å². The Morgan fingerprint density at radius 2 is 1.90 bits per heavy atom. The van der Waals surface area contributed by atoms with Crippen molar-refractivity contribution < 1.29 is 27.5 Å². The van der Waals surface area contributed by atoms with Crippen molar-refractivity contribution in [2.75, 3.05) is 17.7 Å². The van der Waals surface area contributed by atoms with E-state index < -0.39 is 34.2 Å². The zero-order valence-corrected chi connectivity index (χ0v) is 15.6. The first-order valence-electron chi connectivity index (χ1n) is 7.89. The lowest BCUT2D eigenvalue weighted by Crippen LogP contribution is -2.15. The molecule has 0 aromatic heterocycles. The summed E-state index contributed by atoms with van der Waals surface area (Å²) in [6.07, 6.45) is -3.63. The van der Waals surface area contributed by atoms with Gasteiger partial charge in [-0.3, -0.25) is 4.79 Å². The molecule has 0 saturated carbocycles. The molecule has 2 N–H and O–H groups in total. The molecule has 6 nitrogen and oxygen atoms in total. The molecule has 1 amide bonds. The molecule has 150 valence electrons. The van der Waals surface area contributed by atoms with E-state index in [-0.39, 0.29) is 11.3 Å². The van der Waals surface area contributed by atoms with Gasteiger partial charge in [0, 0.05) is 17.6 Å². The Hall–Kier alpha value is -3.51. The number of carbonyl (C=O) groups excluding carboxylic acids is 2. The topological polar surface area (TPSA) is 91.2 Å². The lowest BCUT2D eigenvalue weighted by molar-refractivity contribution is -0.137. The fourth-order valence-electron chi connectivity index (χ4n) is 2.18. The number of benzene rings is 2. The summed E-state index contributed by atoms with van der Waals surface area (Å²) in [7, 11) is 1.22. The summed E-state index contributed by atoms with van der Waals surface area (Å²) in [6.45, 7) is 0. The maximum absolute atomic E-state index is 12.9. The molecule has 0 saturated heterocycles. The lowest BCUT2D eigenvalue weighted by Gasteiger charge is -2.11. The number of rotatable bonds is 5. The standard InChI is InChI=1S/C19H13ClF3N3O3/c1-29-18(28)11-3-2-4-13(7-11)25-10-12(9-24)17(27)26-14-5-6-16(20)15(8-14)19(21,22)23/h2-8,10,25H,1H3,(H,26,27)/b12-10-. The number of esters is 1. The summed E-state index contributed by atoms with van der Waals surface area (Å²) in [4.78, 5) is 23.7. The Kier molecular flexibility index (Phi) is 6.85. The average Bonchev–Trinajstić information content (AvgIpc) is 2.68. The average molecular weight is 424 g/mol. The van der Waals surface area contributed by atoms with Crippen molar-refractivity contribution in [2.24, 2.45) is 0 Å². The maximum atomic E-state index is 12.9. The number of alkyl halides is 3. The van der Waals surface area contributed by atoms with E-state index in [1.165, 1.54) is 25.3 Å². The minimum atomic E-state index is -4.70. The number of methoxy groups -OCH3 is 1. The maximum Gasteiger partial charge on any atom is 0.417 e. The summed E-state index contributed by atoms with van der Waals surface area (Å²) in [5.41, 5.74) is -1.07. The van der Waals surface area contributed by atoms with Crippen LogP contribution in [-0.2, 0) is 15.7 Å². The minimum absolute atomic E-state index is 0.180. The molecule has 2 aromatic carbocycles. The predicted octanol–water partition coefficient (Wildman–Crippen LogP) is 4.60. The summed E-state index contributed by atoms with van der Waals surface area (Å²) in [5, 5.41) is 13.5. The monoisotopic (exact) mass is 423 g/mol. The van der Waals surface area contributed by atoms with Gasteiger partial charge in [0.05, 0.1) is 23.3 Å². The first kappa shape index (κ1) is 21.8. The van der Waals surface area contributed by atoms with Gasteiger partial charge in [0.15, 0.2) is 0 Å². The quantitative estimate of drug-likeness (QED) is 0.416. The summed E-state index contributed by atoms with van der Waals surface area (Å²) in [5.74, 6) is -1.50. The van der Waals surface area contributed by atoms with Gasteiger partial charge >= 0.3 is 12.1 Å². The summed E-state index contributed by atoms with van der Waals surface area (Å²) < 4.78 is 43.3. The fourth-order valence-corrected chi connectivity index (χ4v) is 2.40. The van der Waals surface area contributed by atoms with Gasteiger partial charge in [-0.05, 0) is 36.4 Å². The highest BCUT2D eigenvalue weighted by molar-refractivity contribution is 6.31. The molecular formula is C19H13ClF3N3O3. The van der Waals surface area contributed by atoms with Gasteiger partial charge in [-0.15, -0.1) is 0 Å². The van der Waals surface area contributed by atoms with Gasteiger partial charge in [-0.2, -0.15) is 18.4 Å². The number of hydrogen-bond donors (Lipinski definition) is 2. The lowest BCUT2D eigenvalue weighted by atomic mass is 10.2. The SMILES string of the molecule is COC(=O)c1cccc(N/C=C(/C#N)C(=O)Nc2ccc(Cl)c(C(F)(F)F)c2)c1. The van der Waals surface area contributed by atoms with E-state index in [1.54, 1.807) is 18.2 Å². The van der Waals surface area contributed by atoms with Crippen LogP contribution < -0.4 is 10.6 Å². The Bertz CT molecular complexity index is 1010. The van der Waals surface area contributed by atoms with Crippen LogP contribution in [0.15, 0.2) is 54.2 Å². The third-order valence-corrected chi connectivity index (χ3v) is 3.89. The largest absolute Gasteiger partial charge is 0.465 e. The molecule has 0 aliphatic heterocycles. The number of carbonyl (C=O) groups is 2. The first-order chi connectivity index (χ1) is 13.7. The van der Waals surface area contributed by atoms with E-state index in [0.717, 1.165) is 12.3 Å². The van der Waals surface area contributed by atoms with Crippen LogP contribution in [0.3, 0.4) is 0 Å². The van der Waals surface area contributed by atoms with Crippen LogP contribution in [0, 0.1) is 11.3 Å². The molecule has 29 heavy (non-hydrogen) atoms. The second-order valence-electron chi connectivity index (χ2n) is 5.53. The number of nitrogens with one attached hydrogen (secondary N) is 2. The van der Waals surface area contributed by atoms with E-state index in [4.69, 9.17) is 16.9 Å². The number of amides is 1. The highest BCUT2D eigenvalue weighted by Crippen LogP contribution is 2.36. The van der Waals surface area contributed by atoms with Crippen LogP contribution in [0.5, 0.6) is 0 Å². The van der Waals surface area contributed by atoms with Crippen molar-refractivity contribution in [3.8, 4) is 6.07 Å². The molecule has 2 aromatic rings. The molecule has 10 heteroatoms. The first-order valence-corrected chi connectivity index (χ1v) is 8.26. The van der Waals surface area contributed by atoms with Crippen molar-refractivity contribution in [3.05, 3.63) is 70.4 Å². The zero-order chi connectivity index (χ0) is 21.6. The van der Waals surface area contributed by atoms with Gasteiger partial charge < -0.3 is 15.4 Å². The molecule has 0 unspecified atom stereocenters. The van der Waals surface area contributed by atoms with Gasteiger partial charge in [0.2, 0.25) is 0 Å². The summed E-state index contributed by atoms with van der Waals surface area (Å²) >= 11 is 5.53. The molecule has 0 atom stereocenters. The van der Waals surface area contributed by atoms with E-state index in [1.807, 2.05) is 0 Å². The number of anilines is 2. The van der Waals surface area contributed by atoms with E-state index in [9.17, 15) is 22.8 Å². The number of ether oxygens (including phenoxy) is 1.